The summed E-state index contributed by atoms with van der Waals surface area (Å²) in [6.07, 6.45) is 6.94. The molecule has 0 unspecified atom stereocenters. The molecule has 60 valence electrons. The molecule has 2 nitrogen and oxygen atoms in total. The maximum Gasteiger partial charge on any atom is 0.0454 e. The van der Waals surface area contributed by atoms with Gasteiger partial charge in [0.2, 0.25) is 0 Å². The van der Waals surface area contributed by atoms with Gasteiger partial charge in [-0.1, -0.05) is 19.3 Å². The molecule has 1 saturated heterocycles. The second-order valence-electron chi connectivity index (χ2n) is 2.94. The Kier molecular flexibility index (Phi) is 4.56. The molecule has 0 aromatic carbocycles. The molecule has 0 aliphatic carbocycles. The predicted molar refractivity (Wildman–Crippen MR) is 44.0 cm³/mol. The first-order valence-electron chi connectivity index (χ1n) is 4.41. The van der Waals surface area contributed by atoms with E-state index in [1.54, 1.807) is 0 Å². The van der Waals surface area contributed by atoms with Crippen LogP contribution in [0, 0.1) is 0 Å². The van der Waals surface area contributed by atoms with Gasteiger partial charge >= 0.3 is 0 Å². The molecule has 1 fully saturated rings. The lowest BCUT2D eigenvalue weighted by molar-refractivity contribution is 0.499. The number of nitrogens with one attached hydrogen (secondary N) is 2. The van der Waals surface area contributed by atoms with Crippen LogP contribution in [0.5, 0.6) is 0 Å². The van der Waals surface area contributed by atoms with Gasteiger partial charge in [0.15, 0.2) is 0 Å². The van der Waals surface area contributed by atoms with Crippen LogP contribution in [0.1, 0.15) is 32.1 Å². The van der Waals surface area contributed by atoms with Crippen LogP contribution in [-0.2, 0) is 0 Å². The third-order valence-corrected chi connectivity index (χ3v) is 1.96. The van der Waals surface area contributed by atoms with Crippen LogP contribution in [0.25, 0.3) is 0 Å². The van der Waals surface area contributed by atoms with Crippen molar-refractivity contribution in [3.63, 3.8) is 0 Å². The number of hydrogen-bond donors (Lipinski definition) is 2. The zero-order chi connectivity index (χ0) is 7.07. The summed E-state index contributed by atoms with van der Waals surface area (Å²) in [5.74, 6) is 0. The summed E-state index contributed by atoms with van der Waals surface area (Å²) < 4.78 is 0. The van der Waals surface area contributed by atoms with Crippen molar-refractivity contribution in [2.24, 2.45) is 0 Å². The van der Waals surface area contributed by atoms with Crippen molar-refractivity contribution in [1.82, 2.24) is 10.6 Å². The van der Waals surface area contributed by atoms with Crippen LogP contribution in [0.4, 0.5) is 0 Å². The molecule has 0 bridgehead atoms. The van der Waals surface area contributed by atoms with Crippen molar-refractivity contribution in [1.29, 1.82) is 0 Å². The highest BCUT2D eigenvalue weighted by Crippen LogP contribution is 2.01. The largest absolute Gasteiger partial charge is 0.304 e. The van der Waals surface area contributed by atoms with E-state index in [0.717, 1.165) is 6.67 Å². The monoisotopic (exact) mass is 142 g/mol. The molecule has 0 saturated carbocycles. The fourth-order valence-electron chi connectivity index (χ4n) is 1.30. The summed E-state index contributed by atoms with van der Waals surface area (Å²) in [4.78, 5) is 0. The summed E-state index contributed by atoms with van der Waals surface area (Å²) in [5.41, 5.74) is 0. The minimum absolute atomic E-state index is 1.00. The minimum Gasteiger partial charge on any atom is -0.304 e. The molecular formula is C8H18N2. The minimum atomic E-state index is 1.00. The molecule has 2 heteroatoms. The topological polar surface area (TPSA) is 24.1 Å². The van der Waals surface area contributed by atoms with Gasteiger partial charge in [0.25, 0.3) is 0 Å². The van der Waals surface area contributed by atoms with Crippen molar-refractivity contribution < 1.29 is 0 Å². The van der Waals surface area contributed by atoms with Crippen LogP contribution < -0.4 is 10.6 Å². The van der Waals surface area contributed by atoms with Gasteiger partial charge in [-0.05, 0) is 25.9 Å². The smallest absolute Gasteiger partial charge is 0.0454 e. The van der Waals surface area contributed by atoms with E-state index in [9.17, 15) is 0 Å². The lowest BCUT2D eigenvalue weighted by atomic mass is 10.1. The summed E-state index contributed by atoms with van der Waals surface area (Å²) in [5, 5.41) is 6.69. The Bertz CT molecular complexity index is 40.4. The van der Waals surface area contributed by atoms with Crippen LogP contribution in [0.2, 0.25) is 0 Å². The molecule has 1 aliphatic rings. The van der Waals surface area contributed by atoms with Crippen LogP contribution in [0.15, 0.2) is 0 Å². The standard InChI is InChI=1S/C8H18N2/c1-2-4-6-9-8-10-7-5-3-1/h9-10H,1-8H2. The van der Waals surface area contributed by atoms with Crippen molar-refractivity contribution in [2.75, 3.05) is 19.8 Å². The third-order valence-electron chi connectivity index (χ3n) is 1.96. The normalized spacial score (nSPS) is 24.0. The molecule has 0 radical (unpaired) electrons. The van der Waals surface area contributed by atoms with E-state index in [4.69, 9.17) is 0 Å². The number of rotatable bonds is 0. The average molecular weight is 142 g/mol. The summed E-state index contributed by atoms with van der Waals surface area (Å²) in [6, 6.07) is 0. The molecule has 1 rings (SSSR count). The first-order valence-corrected chi connectivity index (χ1v) is 4.41. The first-order chi connectivity index (χ1) is 5.00. The first kappa shape index (κ1) is 8.02. The van der Waals surface area contributed by atoms with Crippen molar-refractivity contribution >= 4 is 0 Å². The number of hydrogen-bond acceptors (Lipinski definition) is 2. The second kappa shape index (κ2) is 5.69. The van der Waals surface area contributed by atoms with Gasteiger partial charge in [0.1, 0.15) is 0 Å². The lowest BCUT2D eigenvalue weighted by Gasteiger charge is -2.09. The van der Waals surface area contributed by atoms with Gasteiger partial charge in [-0.2, -0.15) is 0 Å². The highest BCUT2D eigenvalue weighted by Gasteiger charge is 1.93. The van der Waals surface area contributed by atoms with Gasteiger partial charge in [-0.3, -0.25) is 0 Å². The van der Waals surface area contributed by atoms with Crippen molar-refractivity contribution in [3.05, 3.63) is 0 Å². The van der Waals surface area contributed by atoms with Gasteiger partial charge in [0.05, 0.1) is 0 Å². The summed E-state index contributed by atoms with van der Waals surface area (Å²) >= 11 is 0. The Morgan fingerprint density at radius 2 is 1.10 bits per heavy atom. The molecule has 0 aromatic rings. The van der Waals surface area contributed by atoms with Crippen LogP contribution in [-0.4, -0.2) is 19.8 Å². The average Bonchev–Trinajstić information content (AvgIpc) is 2.01. The second-order valence-corrected chi connectivity index (χ2v) is 2.94. The Morgan fingerprint density at radius 1 is 0.600 bits per heavy atom. The molecule has 10 heavy (non-hydrogen) atoms. The van der Waals surface area contributed by atoms with Gasteiger partial charge in [-0.25, -0.2) is 0 Å². The van der Waals surface area contributed by atoms with E-state index in [-0.39, 0.29) is 0 Å². The van der Waals surface area contributed by atoms with E-state index >= 15 is 0 Å². The van der Waals surface area contributed by atoms with Crippen molar-refractivity contribution in [3.8, 4) is 0 Å². The molecule has 0 amide bonds. The summed E-state index contributed by atoms with van der Waals surface area (Å²) in [6.45, 7) is 3.38. The Balaban J connectivity index is 2.00. The zero-order valence-corrected chi connectivity index (χ0v) is 6.66. The Labute approximate surface area is 63.4 Å². The van der Waals surface area contributed by atoms with Gasteiger partial charge in [-0.15, -0.1) is 0 Å². The third kappa shape index (κ3) is 3.85. The Hall–Kier alpha value is -0.0800. The molecule has 1 aliphatic heterocycles. The molecule has 0 atom stereocenters. The highest BCUT2D eigenvalue weighted by molar-refractivity contribution is 4.53. The van der Waals surface area contributed by atoms with Crippen LogP contribution >= 0.6 is 0 Å². The fourth-order valence-corrected chi connectivity index (χ4v) is 1.30. The van der Waals surface area contributed by atoms with Crippen LogP contribution in [0.3, 0.4) is 0 Å². The SMILES string of the molecule is C1CCCNCNCCC1. The van der Waals surface area contributed by atoms with Gasteiger partial charge in [0, 0.05) is 6.67 Å². The van der Waals surface area contributed by atoms with E-state index in [1.165, 1.54) is 45.2 Å². The summed E-state index contributed by atoms with van der Waals surface area (Å²) in [7, 11) is 0. The van der Waals surface area contributed by atoms with Crippen molar-refractivity contribution in [2.45, 2.75) is 32.1 Å². The fraction of sp³-hybridized carbons (Fsp3) is 1.00. The maximum atomic E-state index is 3.34. The molecule has 0 aromatic heterocycles. The zero-order valence-electron chi connectivity index (χ0n) is 6.66. The lowest BCUT2D eigenvalue weighted by Crippen LogP contribution is -2.30. The maximum absolute atomic E-state index is 3.34. The van der Waals surface area contributed by atoms with E-state index in [1.807, 2.05) is 0 Å². The molecule has 1 heterocycles. The van der Waals surface area contributed by atoms with E-state index in [0.29, 0.717) is 0 Å². The van der Waals surface area contributed by atoms with E-state index in [2.05, 4.69) is 10.6 Å². The molecule has 0 spiro atoms. The Morgan fingerprint density at radius 3 is 1.70 bits per heavy atom. The van der Waals surface area contributed by atoms with Gasteiger partial charge < -0.3 is 10.6 Å². The highest BCUT2D eigenvalue weighted by atomic mass is 15.0. The molecular weight excluding hydrogens is 124 g/mol. The van der Waals surface area contributed by atoms with E-state index < -0.39 is 0 Å². The quantitative estimate of drug-likeness (QED) is 0.529. The predicted octanol–water partition coefficient (Wildman–Crippen LogP) is 1.09. The molecule has 2 N–H and O–H groups in total.